The van der Waals surface area contributed by atoms with Gasteiger partial charge in [0, 0.05) is 18.4 Å². The first-order valence-corrected chi connectivity index (χ1v) is 5.33. The maximum atomic E-state index is 11.4. The molecule has 0 aliphatic rings. The van der Waals surface area contributed by atoms with Crippen LogP contribution < -0.4 is 4.90 Å². The van der Waals surface area contributed by atoms with E-state index in [1.807, 2.05) is 18.7 Å². The molecule has 0 N–H and O–H groups in total. The number of esters is 1. The zero-order valence-electron chi connectivity index (χ0n) is 9.88. The zero-order chi connectivity index (χ0) is 12.0. The zero-order valence-corrected chi connectivity index (χ0v) is 9.88. The number of anilines is 1. The molecule has 5 nitrogen and oxygen atoms in total. The molecule has 1 rings (SSSR count). The van der Waals surface area contributed by atoms with Crippen molar-refractivity contribution in [3.8, 4) is 0 Å². The topological polar surface area (TPSA) is 55.3 Å². The van der Waals surface area contributed by atoms with Crippen molar-refractivity contribution in [1.82, 2.24) is 9.97 Å². The van der Waals surface area contributed by atoms with Gasteiger partial charge >= 0.3 is 5.97 Å². The van der Waals surface area contributed by atoms with Crippen LogP contribution >= 0.6 is 0 Å². The lowest BCUT2D eigenvalue weighted by atomic mass is 10.3. The Hall–Kier alpha value is -1.65. The van der Waals surface area contributed by atoms with Crippen LogP contribution in [0.15, 0.2) is 18.6 Å². The van der Waals surface area contributed by atoms with Gasteiger partial charge in [0.05, 0.1) is 12.8 Å². The summed E-state index contributed by atoms with van der Waals surface area (Å²) in [4.78, 5) is 21.4. The van der Waals surface area contributed by atoms with Crippen molar-refractivity contribution in [3.63, 3.8) is 0 Å². The van der Waals surface area contributed by atoms with Crippen LogP contribution in [0.3, 0.4) is 0 Å². The van der Waals surface area contributed by atoms with E-state index >= 15 is 0 Å². The molecule has 16 heavy (non-hydrogen) atoms. The normalized spacial score (nSPS) is 10.2. The Morgan fingerprint density at radius 1 is 1.50 bits per heavy atom. The summed E-state index contributed by atoms with van der Waals surface area (Å²) in [5.41, 5.74) is 0. The van der Waals surface area contributed by atoms with Gasteiger partial charge in [0.2, 0.25) is 0 Å². The second-order valence-electron chi connectivity index (χ2n) is 3.59. The molecular weight excluding hydrogens is 206 g/mol. The van der Waals surface area contributed by atoms with Crippen LogP contribution in [0, 0.1) is 0 Å². The third-order valence-corrected chi connectivity index (χ3v) is 2.07. The van der Waals surface area contributed by atoms with Gasteiger partial charge in [-0.15, -0.1) is 0 Å². The van der Waals surface area contributed by atoms with Gasteiger partial charge in [0.15, 0.2) is 0 Å². The van der Waals surface area contributed by atoms with Crippen LogP contribution in [0.5, 0.6) is 0 Å². The Bertz CT molecular complexity index is 327. The summed E-state index contributed by atoms with van der Waals surface area (Å²) < 4.78 is 4.92. The lowest BCUT2D eigenvalue weighted by Gasteiger charge is -2.26. The standard InChI is InChI=1S/C11H17N3O2/c1-4-16-11(15)8-14(9(2)3)10-7-12-5-6-13-10/h5-7,9H,4,8H2,1-3H3. The van der Waals surface area contributed by atoms with Crippen molar-refractivity contribution < 1.29 is 9.53 Å². The first-order valence-electron chi connectivity index (χ1n) is 5.33. The minimum Gasteiger partial charge on any atom is -0.465 e. The van der Waals surface area contributed by atoms with Crippen LogP contribution in [-0.2, 0) is 9.53 Å². The van der Waals surface area contributed by atoms with Crippen molar-refractivity contribution in [1.29, 1.82) is 0 Å². The van der Waals surface area contributed by atoms with Gasteiger partial charge in [0.25, 0.3) is 0 Å². The van der Waals surface area contributed by atoms with E-state index in [2.05, 4.69) is 9.97 Å². The molecule has 0 saturated carbocycles. The lowest BCUT2D eigenvalue weighted by Crippen LogP contribution is -2.37. The lowest BCUT2D eigenvalue weighted by molar-refractivity contribution is -0.141. The van der Waals surface area contributed by atoms with E-state index in [1.165, 1.54) is 0 Å². The van der Waals surface area contributed by atoms with E-state index in [1.54, 1.807) is 25.5 Å². The number of ether oxygens (including phenoxy) is 1. The summed E-state index contributed by atoms with van der Waals surface area (Å²) in [6.07, 6.45) is 4.85. The quantitative estimate of drug-likeness (QED) is 0.703. The van der Waals surface area contributed by atoms with Gasteiger partial charge in [-0.25, -0.2) is 4.98 Å². The molecule has 0 atom stereocenters. The molecule has 0 bridgehead atoms. The van der Waals surface area contributed by atoms with Crippen molar-refractivity contribution in [3.05, 3.63) is 18.6 Å². The molecule has 0 aliphatic carbocycles. The highest BCUT2D eigenvalue weighted by atomic mass is 16.5. The summed E-state index contributed by atoms with van der Waals surface area (Å²) >= 11 is 0. The smallest absolute Gasteiger partial charge is 0.325 e. The fourth-order valence-electron chi connectivity index (χ4n) is 1.31. The largest absolute Gasteiger partial charge is 0.465 e. The number of hydrogen-bond acceptors (Lipinski definition) is 5. The summed E-state index contributed by atoms with van der Waals surface area (Å²) in [7, 11) is 0. The molecule has 0 spiro atoms. The van der Waals surface area contributed by atoms with Gasteiger partial charge in [0.1, 0.15) is 12.4 Å². The molecule has 0 unspecified atom stereocenters. The Kier molecular flexibility index (Phi) is 4.69. The molecule has 0 amide bonds. The van der Waals surface area contributed by atoms with Gasteiger partial charge < -0.3 is 9.64 Å². The second kappa shape index (κ2) is 6.05. The minimum absolute atomic E-state index is 0.168. The van der Waals surface area contributed by atoms with Gasteiger partial charge in [-0.05, 0) is 20.8 Å². The number of hydrogen-bond donors (Lipinski definition) is 0. The van der Waals surface area contributed by atoms with Crippen LogP contribution in [0.4, 0.5) is 5.82 Å². The van der Waals surface area contributed by atoms with E-state index in [4.69, 9.17) is 4.74 Å². The average molecular weight is 223 g/mol. The van der Waals surface area contributed by atoms with Crippen LogP contribution in [0.2, 0.25) is 0 Å². The summed E-state index contributed by atoms with van der Waals surface area (Å²) in [6.45, 7) is 6.37. The van der Waals surface area contributed by atoms with Gasteiger partial charge in [-0.1, -0.05) is 0 Å². The fraction of sp³-hybridized carbons (Fsp3) is 0.545. The molecule has 1 aromatic heterocycles. The van der Waals surface area contributed by atoms with E-state index in [0.29, 0.717) is 12.4 Å². The van der Waals surface area contributed by atoms with Crippen molar-refractivity contribution in [2.75, 3.05) is 18.1 Å². The van der Waals surface area contributed by atoms with Gasteiger partial charge in [-0.2, -0.15) is 0 Å². The van der Waals surface area contributed by atoms with Gasteiger partial charge in [-0.3, -0.25) is 9.78 Å². The predicted molar refractivity (Wildman–Crippen MR) is 61.1 cm³/mol. The highest BCUT2D eigenvalue weighted by Crippen LogP contribution is 2.11. The maximum Gasteiger partial charge on any atom is 0.325 e. The summed E-state index contributed by atoms with van der Waals surface area (Å²) in [5, 5.41) is 0. The molecular formula is C11H17N3O2. The van der Waals surface area contributed by atoms with Crippen molar-refractivity contribution >= 4 is 11.8 Å². The highest BCUT2D eigenvalue weighted by molar-refractivity contribution is 5.75. The third kappa shape index (κ3) is 3.49. The van der Waals surface area contributed by atoms with Crippen LogP contribution in [0.25, 0.3) is 0 Å². The number of rotatable bonds is 5. The molecule has 0 aliphatic heterocycles. The number of nitrogens with zero attached hydrogens (tertiary/aromatic N) is 3. The molecule has 5 heteroatoms. The number of aromatic nitrogens is 2. The minimum atomic E-state index is -0.248. The second-order valence-corrected chi connectivity index (χ2v) is 3.59. The fourth-order valence-corrected chi connectivity index (χ4v) is 1.31. The average Bonchev–Trinajstić information content (AvgIpc) is 2.27. The first kappa shape index (κ1) is 12.4. The molecule has 0 fully saturated rings. The molecule has 0 radical (unpaired) electrons. The highest BCUT2D eigenvalue weighted by Gasteiger charge is 2.16. The first-order chi connectivity index (χ1) is 7.65. The Balaban J connectivity index is 2.73. The van der Waals surface area contributed by atoms with Crippen LogP contribution in [0.1, 0.15) is 20.8 Å². The molecule has 0 aromatic carbocycles. The van der Waals surface area contributed by atoms with E-state index < -0.39 is 0 Å². The maximum absolute atomic E-state index is 11.4. The van der Waals surface area contributed by atoms with Crippen LogP contribution in [-0.4, -0.2) is 35.1 Å². The summed E-state index contributed by atoms with van der Waals surface area (Å²) in [5.74, 6) is 0.437. The van der Waals surface area contributed by atoms with E-state index in [9.17, 15) is 4.79 Å². The number of carbonyl (C=O) groups is 1. The Morgan fingerprint density at radius 3 is 2.75 bits per heavy atom. The predicted octanol–water partition coefficient (Wildman–Crippen LogP) is 1.25. The molecule has 88 valence electrons. The SMILES string of the molecule is CCOC(=O)CN(c1cnccn1)C(C)C. The van der Waals surface area contributed by atoms with E-state index in [0.717, 1.165) is 0 Å². The van der Waals surface area contributed by atoms with Crippen molar-refractivity contribution in [2.45, 2.75) is 26.8 Å². The molecule has 1 heterocycles. The monoisotopic (exact) mass is 223 g/mol. The summed E-state index contributed by atoms with van der Waals surface area (Å²) in [6, 6.07) is 0.168. The third-order valence-electron chi connectivity index (χ3n) is 2.07. The molecule has 1 aromatic rings. The Labute approximate surface area is 95.5 Å². The van der Waals surface area contributed by atoms with Crippen molar-refractivity contribution in [2.24, 2.45) is 0 Å². The van der Waals surface area contributed by atoms with E-state index in [-0.39, 0.29) is 18.6 Å². The Morgan fingerprint density at radius 2 is 2.25 bits per heavy atom. The molecule has 0 saturated heterocycles. The number of carbonyl (C=O) groups excluding carboxylic acids is 1.